The number of likely N-dealkylation sites (tertiary alicyclic amines) is 1. The molecule has 3 rings (SSSR count). The number of amides is 1. The van der Waals surface area contributed by atoms with Crippen molar-refractivity contribution in [1.29, 1.82) is 0 Å². The molecule has 1 amide bonds. The van der Waals surface area contributed by atoms with E-state index in [0.717, 1.165) is 36.6 Å². The van der Waals surface area contributed by atoms with Crippen molar-refractivity contribution in [2.45, 2.75) is 65.3 Å². The summed E-state index contributed by atoms with van der Waals surface area (Å²) in [5, 5.41) is 8.47. The number of carbonyl (C=O) groups excluding carboxylic acids is 1. The quantitative estimate of drug-likeness (QED) is 0.833. The van der Waals surface area contributed by atoms with E-state index >= 15 is 0 Å². The van der Waals surface area contributed by atoms with E-state index in [0.29, 0.717) is 25.4 Å². The van der Waals surface area contributed by atoms with Crippen molar-refractivity contribution in [2.75, 3.05) is 13.1 Å². The fourth-order valence-corrected chi connectivity index (χ4v) is 3.31. The van der Waals surface area contributed by atoms with Gasteiger partial charge < -0.3 is 9.42 Å². The Kier molecular flexibility index (Phi) is 5.20. The van der Waals surface area contributed by atoms with Gasteiger partial charge in [-0.15, -0.1) is 0 Å². The average Bonchev–Trinajstić information content (AvgIpc) is 3.19. The first-order chi connectivity index (χ1) is 11.9. The van der Waals surface area contributed by atoms with Crippen LogP contribution in [0.25, 0.3) is 0 Å². The Hall–Kier alpha value is -2.18. The van der Waals surface area contributed by atoms with Crippen LogP contribution in [0.2, 0.25) is 0 Å². The molecule has 0 bridgehead atoms. The van der Waals surface area contributed by atoms with E-state index in [1.807, 2.05) is 43.3 Å². The second-order valence-electron chi connectivity index (χ2n) is 7.22. The molecular weight excluding hydrogens is 318 g/mol. The maximum atomic E-state index is 12.6. The van der Waals surface area contributed by atoms with E-state index in [1.54, 1.807) is 0 Å². The van der Waals surface area contributed by atoms with Crippen LogP contribution in [-0.2, 0) is 11.3 Å². The van der Waals surface area contributed by atoms with Gasteiger partial charge in [-0.3, -0.25) is 9.48 Å². The summed E-state index contributed by atoms with van der Waals surface area (Å²) in [5.41, 5.74) is 2.08. The number of rotatable bonds is 5. The minimum absolute atomic E-state index is 0.145. The molecule has 0 N–H and O–H groups in total. The van der Waals surface area contributed by atoms with Gasteiger partial charge in [-0.2, -0.15) is 10.1 Å². The lowest BCUT2D eigenvalue weighted by Gasteiger charge is -2.31. The fraction of sp³-hybridized carbons (Fsp3) is 0.667. The predicted molar refractivity (Wildman–Crippen MR) is 93.3 cm³/mol. The number of piperidine rings is 1. The summed E-state index contributed by atoms with van der Waals surface area (Å²) < 4.78 is 7.33. The molecule has 7 heteroatoms. The summed E-state index contributed by atoms with van der Waals surface area (Å²) in [7, 11) is 0. The molecule has 1 fully saturated rings. The molecule has 1 aliphatic rings. The molecule has 1 saturated heterocycles. The van der Waals surface area contributed by atoms with Gasteiger partial charge in [0.1, 0.15) is 0 Å². The number of hydrogen-bond acceptors (Lipinski definition) is 5. The Morgan fingerprint density at radius 3 is 2.84 bits per heavy atom. The van der Waals surface area contributed by atoms with Crippen molar-refractivity contribution in [3.8, 4) is 0 Å². The van der Waals surface area contributed by atoms with Crippen molar-refractivity contribution in [2.24, 2.45) is 0 Å². The number of nitrogens with zero attached hydrogens (tertiary/aromatic N) is 5. The normalized spacial score (nSPS) is 18.1. The first-order valence-electron chi connectivity index (χ1n) is 9.06. The summed E-state index contributed by atoms with van der Waals surface area (Å²) in [6.45, 7) is 10.2. The molecule has 0 unspecified atom stereocenters. The molecule has 0 aromatic carbocycles. The molecular formula is C18H27N5O2. The maximum Gasteiger partial charge on any atom is 0.231 e. The zero-order valence-electron chi connectivity index (χ0n) is 15.5. The summed E-state index contributed by atoms with van der Waals surface area (Å²) >= 11 is 0. The first-order valence-corrected chi connectivity index (χ1v) is 9.06. The van der Waals surface area contributed by atoms with E-state index in [-0.39, 0.29) is 17.7 Å². The van der Waals surface area contributed by atoms with Crippen LogP contribution in [0.4, 0.5) is 0 Å². The smallest absolute Gasteiger partial charge is 0.231 e. The Morgan fingerprint density at radius 1 is 1.40 bits per heavy atom. The molecule has 3 heterocycles. The molecule has 1 atom stereocenters. The Balaban J connectivity index is 1.58. The summed E-state index contributed by atoms with van der Waals surface area (Å²) in [6, 6.07) is 2.03. The molecule has 1 aliphatic heterocycles. The Bertz CT molecular complexity index is 734. The molecule has 0 radical (unpaired) electrons. The zero-order chi connectivity index (χ0) is 18.0. The molecule has 2 aromatic rings. The predicted octanol–water partition coefficient (Wildman–Crippen LogP) is 2.80. The minimum atomic E-state index is 0.145. The number of carbonyl (C=O) groups is 1. The standard InChI is InChI=1S/C18H27N5O2/c1-12(2)17-19-18(25-21-17)15-6-5-8-22(11-15)16(24)7-9-23-14(4)10-13(3)20-23/h10,12,15H,5-9,11H2,1-4H3/t15-/m0/s1. The topological polar surface area (TPSA) is 77.0 Å². The van der Waals surface area contributed by atoms with Gasteiger partial charge in [-0.1, -0.05) is 19.0 Å². The maximum absolute atomic E-state index is 12.6. The van der Waals surface area contributed by atoms with Crippen LogP contribution in [0.3, 0.4) is 0 Å². The Labute approximate surface area is 148 Å². The summed E-state index contributed by atoms with van der Waals surface area (Å²) in [6.07, 6.45) is 2.42. The number of hydrogen-bond donors (Lipinski definition) is 0. The average molecular weight is 345 g/mol. The van der Waals surface area contributed by atoms with Crippen molar-refractivity contribution in [3.05, 3.63) is 29.2 Å². The third-order valence-electron chi connectivity index (χ3n) is 4.74. The molecule has 0 aliphatic carbocycles. The highest BCUT2D eigenvalue weighted by molar-refractivity contribution is 5.76. The lowest BCUT2D eigenvalue weighted by molar-refractivity contribution is -0.132. The largest absolute Gasteiger partial charge is 0.342 e. The molecule has 7 nitrogen and oxygen atoms in total. The van der Waals surface area contributed by atoms with Crippen molar-refractivity contribution >= 4 is 5.91 Å². The molecule has 0 spiro atoms. The van der Waals surface area contributed by atoms with E-state index < -0.39 is 0 Å². The number of aryl methyl sites for hydroxylation is 3. The van der Waals surface area contributed by atoms with Gasteiger partial charge in [-0.25, -0.2) is 0 Å². The zero-order valence-corrected chi connectivity index (χ0v) is 15.5. The highest BCUT2D eigenvalue weighted by Crippen LogP contribution is 2.27. The molecule has 136 valence electrons. The van der Waals surface area contributed by atoms with Gasteiger partial charge in [0, 0.05) is 37.7 Å². The third kappa shape index (κ3) is 4.08. The van der Waals surface area contributed by atoms with Crippen LogP contribution in [0.15, 0.2) is 10.6 Å². The van der Waals surface area contributed by atoms with Crippen molar-refractivity contribution in [1.82, 2.24) is 24.8 Å². The minimum Gasteiger partial charge on any atom is -0.342 e. The van der Waals surface area contributed by atoms with Gasteiger partial charge in [0.2, 0.25) is 11.8 Å². The monoisotopic (exact) mass is 345 g/mol. The second kappa shape index (κ2) is 7.37. The summed E-state index contributed by atoms with van der Waals surface area (Å²) in [4.78, 5) is 19.0. The van der Waals surface area contributed by atoms with Gasteiger partial charge in [0.15, 0.2) is 5.82 Å². The highest BCUT2D eigenvalue weighted by atomic mass is 16.5. The van der Waals surface area contributed by atoms with Gasteiger partial charge >= 0.3 is 0 Å². The first kappa shape index (κ1) is 17.6. The lowest BCUT2D eigenvalue weighted by atomic mass is 9.97. The van der Waals surface area contributed by atoms with E-state index in [1.165, 1.54) is 0 Å². The van der Waals surface area contributed by atoms with Crippen LogP contribution in [-0.4, -0.2) is 43.8 Å². The van der Waals surface area contributed by atoms with Gasteiger partial charge in [-0.05, 0) is 32.8 Å². The molecule has 2 aromatic heterocycles. The van der Waals surface area contributed by atoms with E-state index in [9.17, 15) is 4.79 Å². The van der Waals surface area contributed by atoms with Crippen molar-refractivity contribution < 1.29 is 9.32 Å². The van der Waals surface area contributed by atoms with Crippen LogP contribution in [0.1, 0.15) is 68.0 Å². The van der Waals surface area contributed by atoms with Crippen LogP contribution in [0, 0.1) is 13.8 Å². The van der Waals surface area contributed by atoms with Crippen LogP contribution < -0.4 is 0 Å². The summed E-state index contributed by atoms with van der Waals surface area (Å²) in [5.74, 6) is 1.97. The third-order valence-corrected chi connectivity index (χ3v) is 4.74. The SMILES string of the molecule is Cc1cc(C)n(CCC(=O)N2CCC[C@H](c3nc(C(C)C)no3)C2)n1. The van der Waals surface area contributed by atoms with E-state index in [2.05, 4.69) is 15.2 Å². The lowest BCUT2D eigenvalue weighted by Crippen LogP contribution is -2.39. The Morgan fingerprint density at radius 2 is 2.20 bits per heavy atom. The van der Waals surface area contributed by atoms with Crippen molar-refractivity contribution in [3.63, 3.8) is 0 Å². The fourth-order valence-electron chi connectivity index (χ4n) is 3.31. The van der Waals surface area contributed by atoms with Gasteiger partial charge in [0.25, 0.3) is 0 Å². The van der Waals surface area contributed by atoms with Gasteiger partial charge in [0.05, 0.1) is 11.6 Å². The number of aromatic nitrogens is 4. The van der Waals surface area contributed by atoms with E-state index in [4.69, 9.17) is 4.52 Å². The second-order valence-corrected chi connectivity index (χ2v) is 7.22. The molecule has 0 saturated carbocycles. The highest BCUT2D eigenvalue weighted by Gasteiger charge is 2.28. The van der Waals surface area contributed by atoms with Crippen LogP contribution >= 0.6 is 0 Å². The molecule has 25 heavy (non-hydrogen) atoms. The van der Waals surface area contributed by atoms with Crippen LogP contribution in [0.5, 0.6) is 0 Å².